The van der Waals surface area contributed by atoms with Crippen molar-refractivity contribution in [1.82, 2.24) is 0 Å². The Hall–Kier alpha value is -2.16. The first-order chi connectivity index (χ1) is 14.0. The maximum absolute atomic E-state index is 9.73. The number of benzene rings is 1. The van der Waals surface area contributed by atoms with Crippen molar-refractivity contribution in [3.8, 4) is 6.07 Å². The van der Waals surface area contributed by atoms with Gasteiger partial charge in [-0.05, 0) is 53.9 Å². The van der Waals surface area contributed by atoms with Gasteiger partial charge in [-0.3, -0.25) is 0 Å². The summed E-state index contributed by atoms with van der Waals surface area (Å²) >= 11 is 1.71. The highest BCUT2D eigenvalue weighted by Crippen LogP contribution is 2.44. The van der Waals surface area contributed by atoms with E-state index >= 15 is 0 Å². The fourth-order valence-corrected chi connectivity index (χ4v) is 5.46. The third kappa shape index (κ3) is 4.39. The van der Waals surface area contributed by atoms with Crippen LogP contribution in [0.15, 0.2) is 29.3 Å². The van der Waals surface area contributed by atoms with Crippen LogP contribution in [-0.2, 0) is 17.6 Å². The molecule has 1 aliphatic heterocycles. The van der Waals surface area contributed by atoms with Gasteiger partial charge in [0.05, 0.1) is 18.8 Å². The second-order valence-electron chi connectivity index (χ2n) is 9.05. The van der Waals surface area contributed by atoms with E-state index in [4.69, 9.17) is 9.73 Å². The third-order valence-corrected chi connectivity index (χ3v) is 7.35. The normalized spacial score (nSPS) is 19.9. The second-order valence-corrected chi connectivity index (χ2v) is 10.1. The number of nitriles is 1. The molecule has 2 aliphatic rings. The molecule has 0 unspecified atom stereocenters. The lowest BCUT2D eigenvalue weighted by Crippen LogP contribution is -2.36. The molecule has 0 N–H and O–H groups in total. The van der Waals surface area contributed by atoms with Gasteiger partial charge in [0, 0.05) is 29.9 Å². The molecule has 4 nitrogen and oxygen atoms in total. The molecule has 1 saturated heterocycles. The molecule has 0 spiro atoms. The SMILES string of the molecule is CC(C)(C)[C@H]1CCc2c(sc(N=Cc3ccc(N4CCOCC4)cc3)c2C#N)C1. The summed E-state index contributed by atoms with van der Waals surface area (Å²) in [5.74, 6) is 0.671. The van der Waals surface area contributed by atoms with E-state index < -0.39 is 0 Å². The Morgan fingerprint density at radius 3 is 2.59 bits per heavy atom. The quantitative estimate of drug-likeness (QED) is 0.644. The molecule has 1 aliphatic carbocycles. The van der Waals surface area contributed by atoms with Crippen molar-refractivity contribution in [2.24, 2.45) is 16.3 Å². The molecule has 4 rings (SSSR count). The largest absolute Gasteiger partial charge is 0.378 e. The Balaban J connectivity index is 1.51. The first-order valence-electron chi connectivity index (χ1n) is 10.5. The lowest BCUT2D eigenvalue weighted by Gasteiger charge is -2.33. The molecule has 0 radical (unpaired) electrons. The van der Waals surface area contributed by atoms with Crippen LogP contribution < -0.4 is 4.90 Å². The van der Waals surface area contributed by atoms with Crippen molar-refractivity contribution < 1.29 is 4.74 Å². The molecular formula is C24H29N3OS. The minimum Gasteiger partial charge on any atom is -0.378 e. The topological polar surface area (TPSA) is 48.6 Å². The van der Waals surface area contributed by atoms with E-state index in [0.29, 0.717) is 11.3 Å². The van der Waals surface area contributed by atoms with Crippen LogP contribution in [0.25, 0.3) is 0 Å². The van der Waals surface area contributed by atoms with Crippen LogP contribution in [0.2, 0.25) is 0 Å². The maximum Gasteiger partial charge on any atom is 0.134 e. The smallest absolute Gasteiger partial charge is 0.134 e. The fourth-order valence-electron chi connectivity index (χ4n) is 4.24. The molecule has 1 fully saturated rings. The lowest BCUT2D eigenvalue weighted by molar-refractivity contribution is 0.122. The summed E-state index contributed by atoms with van der Waals surface area (Å²) < 4.78 is 5.43. The summed E-state index contributed by atoms with van der Waals surface area (Å²) in [6, 6.07) is 10.9. The number of rotatable bonds is 3. The Morgan fingerprint density at radius 2 is 1.93 bits per heavy atom. The summed E-state index contributed by atoms with van der Waals surface area (Å²) in [6.07, 6.45) is 5.12. The summed E-state index contributed by atoms with van der Waals surface area (Å²) in [7, 11) is 0. The molecule has 1 atom stereocenters. The molecule has 0 saturated carbocycles. The summed E-state index contributed by atoms with van der Waals surface area (Å²) in [4.78, 5) is 8.43. The summed E-state index contributed by atoms with van der Waals surface area (Å²) in [5, 5.41) is 10.6. The number of fused-ring (bicyclic) bond motifs is 1. The van der Waals surface area contributed by atoms with Gasteiger partial charge >= 0.3 is 0 Å². The van der Waals surface area contributed by atoms with Crippen molar-refractivity contribution in [3.05, 3.63) is 45.8 Å². The number of hydrogen-bond acceptors (Lipinski definition) is 5. The van der Waals surface area contributed by atoms with E-state index in [9.17, 15) is 5.26 Å². The van der Waals surface area contributed by atoms with Crippen molar-refractivity contribution >= 4 is 28.2 Å². The predicted octanol–water partition coefficient (Wildman–Crippen LogP) is 5.36. The average molecular weight is 408 g/mol. The van der Waals surface area contributed by atoms with Gasteiger partial charge in [0.2, 0.25) is 0 Å². The highest BCUT2D eigenvalue weighted by atomic mass is 32.1. The number of anilines is 1. The number of nitrogens with zero attached hydrogens (tertiary/aromatic N) is 3. The lowest BCUT2D eigenvalue weighted by atomic mass is 9.72. The van der Waals surface area contributed by atoms with Gasteiger partial charge in [-0.1, -0.05) is 32.9 Å². The average Bonchev–Trinajstić information content (AvgIpc) is 3.09. The van der Waals surface area contributed by atoms with Gasteiger partial charge in [0.25, 0.3) is 0 Å². The third-order valence-electron chi connectivity index (χ3n) is 6.18. The van der Waals surface area contributed by atoms with Gasteiger partial charge in [-0.15, -0.1) is 11.3 Å². The van der Waals surface area contributed by atoms with E-state index in [1.165, 1.54) is 16.1 Å². The van der Waals surface area contributed by atoms with Crippen LogP contribution in [0.3, 0.4) is 0 Å². The molecule has 0 bridgehead atoms. The first-order valence-corrected chi connectivity index (χ1v) is 11.3. The standard InChI is InChI=1S/C24H29N3OS/c1-24(2,3)18-6-9-20-21(15-25)23(29-22(20)14-18)26-16-17-4-7-19(8-5-17)27-10-12-28-13-11-27/h4-5,7-8,16,18H,6,9-14H2,1-3H3/t18-/m0/s1. The zero-order valence-electron chi connectivity index (χ0n) is 17.6. The van der Waals surface area contributed by atoms with Crippen LogP contribution in [0.4, 0.5) is 10.7 Å². The number of ether oxygens (including phenoxy) is 1. The van der Waals surface area contributed by atoms with Gasteiger partial charge in [-0.25, -0.2) is 4.99 Å². The highest BCUT2D eigenvalue weighted by Gasteiger charge is 2.32. The van der Waals surface area contributed by atoms with E-state index in [1.807, 2.05) is 6.21 Å². The van der Waals surface area contributed by atoms with E-state index in [1.54, 1.807) is 11.3 Å². The molecule has 29 heavy (non-hydrogen) atoms. The summed E-state index contributed by atoms with van der Waals surface area (Å²) in [5.41, 5.74) is 4.62. The molecule has 5 heteroatoms. The predicted molar refractivity (Wildman–Crippen MR) is 121 cm³/mol. The van der Waals surface area contributed by atoms with E-state index in [0.717, 1.165) is 61.7 Å². The zero-order valence-corrected chi connectivity index (χ0v) is 18.4. The van der Waals surface area contributed by atoms with Crippen molar-refractivity contribution in [3.63, 3.8) is 0 Å². The van der Waals surface area contributed by atoms with Gasteiger partial charge in [0.1, 0.15) is 11.1 Å². The Morgan fingerprint density at radius 1 is 1.21 bits per heavy atom. The maximum atomic E-state index is 9.73. The van der Waals surface area contributed by atoms with Crippen molar-refractivity contribution in [1.29, 1.82) is 5.26 Å². The van der Waals surface area contributed by atoms with Gasteiger partial charge in [0.15, 0.2) is 0 Å². The highest BCUT2D eigenvalue weighted by molar-refractivity contribution is 7.16. The molecule has 2 heterocycles. The molecule has 1 aromatic heterocycles. The monoisotopic (exact) mass is 407 g/mol. The number of morpholine rings is 1. The molecular weight excluding hydrogens is 378 g/mol. The van der Waals surface area contributed by atoms with E-state index in [-0.39, 0.29) is 0 Å². The Kier molecular flexibility index (Phi) is 5.76. The summed E-state index contributed by atoms with van der Waals surface area (Å²) in [6.45, 7) is 10.4. The molecule has 152 valence electrons. The molecule has 0 amide bonds. The van der Waals surface area contributed by atoms with Crippen LogP contribution in [0.1, 0.15) is 48.8 Å². The van der Waals surface area contributed by atoms with E-state index in [2.05, 4.69) is 56.0 Å². The molecule has 1 aromatic carbocycles. The Bertz CT molecular complexity index is 925. The van der Waals surface area contributed by atoms with Crippen LogP contribution >= 0.6 is 11.3 Å². The molecule has 2 aromatic rings. The number of thiophene rings is 1. The van der Waals surface area contributed by atoms with Crippen molar-refractivity contribution in [2.75, 3.05) is 31.2 Å². The number of aliphatic imine (C=N–C) groups is 1. The van der Waals surface area contributed by atoms with Crippen LogP contribution in [0, 0.1) is 22.7 Å². The second kappa shape index (κ2) is 8.30. The fraction of sp³-hybridized carbons (Fsp3) is 0.500. The first kappa shape index (κ1) is 20.1. The van der Waals surface area contributed by atoms with Gasteiger partial charge in [-0.2, -0.15) is 5.26 Å². The Labute approximate surface area is 177 Å². The van der Waals surface area contributed by atoms with Crippen LogP contribution in [0.5, 0.6) is 0 Å². The minimum absolute atomic E-state index is 0.306. The number of hydrogen-bond donors (Lipinski definition) is 0. The van der Waals surface area contributed by atoms with Gasteiger partial charge < -0.3 is 9.64 Å². The minimum atomic E-state index is 0.306. The zero-order chi connectivity index (χ0) is 20.4. The van der Waals surface area contributed by atoms with Crippen LogP contribution in [-0.4, -0.2) is 32.5 Å². The van der Waals surface area contributed by atoms with Crippen molar-refractivity contribution in [2.45, 2.75) is 40.0 Å².